The highest BCUT2D eigenvalue weighted by Gasteiger charge is 2.36. The monoisotopic (exact) mass is 453 g/mol. The third-order valence-electron chi connectivity index (χ3n) is 4.23. The third-order valence-corrected chi connectivity index (χ3v) is 5.54. The van der Waals surface area contributed by atoms with Crippen LogP contribution in [0.25, 0.3) is 10.2 Å². The van der Waals surface area contributed by atoms with Crippen LogP contribution in [-0.4, -0.2) is 48.6 Å². The van der Waals surface area contributed by atoms with E-state index in [1.54, 1.807) is 43.0 Å². The van der Waals surface area contributed by atoms with Gasteiger partial charge in [0.1, 0.15) is 5.75 Å². The molecule has 0 saturated heterocycles. The maximum atomic E-state index is 13.4. The van der Waals surface area contributed by atoms with Gasteiger partial charge in [-0.1, -0.05) is 35.1 Å². The second-order valence-electron chi connectivity index (χ2n) is 7.29. The molecule has 0 spiro atoms. The van der Waals surface area contributed by atoms with Crippen molar-refractivity contribution >= 4 is 56.6 Å². The van der Waals surface area contributed by atoms with Crippen LogP contribution in [0.1, 0.15) is 13.8 Å². The fraction of sp³-hybridized carbons (Fsp3) is 0.333. The predicted octanol–water partition coefficient (Wildman–Crippen LogP) is 5.12. The SMILES string of the molecule is CN(C)CCN(C(=O)C(C)(C)Oc1ccc(Cl)cc1)c1nc2ccccc2s1.Cl. The summed E-state index contributed by atoms with van der Waals surface area (Å²) in [7, 11) is 3.97. The molecule has 0 atom stereocenters. The zero-order chi connectivity index (χ0) is 20.3. The number of hydrogen-bond donors (Lipinski definition) is 0. The number of thiazole rings is 1. The lowest BCUT2D eigenvalue weighted by molar-refractivity contribution is -0.131. The first kappa shape index (κ1) is 23.4. The minimum Gasteiger partial charge on any atom is -0.478 e. The maximum absolute atomic E-state index is 13.4. The van der Waals surface area contributed by atoms with Gasteiger partial charge in [-0.3, -0.25) is 9.69 Å². The first-order chi connectivity index (χ1) is 13.3. The average molecular weight is 454 g/mol. The van der Waals surface area contributed by atoms with Gasteiger partial charge in [-0.2, -0.15) is 0 Å². The number of benzene rings is 2. The highest BCUT2D eigenvalue weighted by Crippen LogP contribution is 2.31. The van der Waals surface area contributed by atoms with Crippen LogP contribution in [0, 0.1) is 0 Å². The summed E-state index contributed by atoms with van der Waals surface area (Å²) in [5, 5.41) is 1.30. The number of fused-ring (bicyclic) bond motifs is 1. The molecule has 0 unspecified atom stereocenters. The number of likely N-dealkylation sites (N-methyl/N-ethyl adjacent to an activating group) is 1. The molecule has 1 heterocycles. The van der Waals surface area contributed by atoms with Crippen molar-refractivity contribution < 1.29 is 9.53 Å². The van der Waals surface area contributed by atoms with Crippen LogP contribution < -0.4 is 9.64 Å². The molecule has 0 saturated carbocycles. The van der Waals surface area contributed by atoms with E-state index in [1.807, 2.05) is 43.3 Å². The smallest absolute Gasteiger partial charge is 0.272 e. The Kier molecular flexibility index (Phi) is 7.88. The van der Waals surface area contributed by atoms with Crippen LogP contribution in [0.4, 0.5) is 5.13 Å². The molecule has 0 aliphatic carbocycles. The Balaban J connectivity index is 0.00000300. The number of aromatic nitrogens is 1. The Hall–Kier alpha value is -1.86. The summed E-state index contributed by atoms with van der Waals surface area (Å²) < 4.78 is 7.07. The van der Waals surface area contributed by atoms with Gasteiger partial charge in [-0.25, -0.2) is 4.98 Å². The Morgan fingerprint density at radius 3 is 2.38 bits per heavy atom. The van der Waals surface area contributed by atoms with Gasteiger partial charge in [-0.15, -0.1) is 12.4 Å². The van der Waals surface area contributed by atoms with Crippen molar-refractivity contribution in [2.75, 3.05) is 32.1 Å². The highest BCUT2D eigenvalue weighted by molar-refractivity contribution is 7.22. The van der Waals surface area contributed by atoms with Gasteiger partial charge in [0.25, 0.3) is 5.91 Å². The normalized spacial score (nSPS) is 11.4. The molecule has 0 bridgehead atoms. The number of hydrogen-bond acceptors (Lipinski definition) is 5. The predicted molar refractivity (Wildman–Crippen MR) is 124 cm³/mol. The molecule has 0 N–H and O–H groups in total. The van der Waals surface area contributed by atoms with Gasteiger partial charge < -0.3 is 9.64 Å². The summed E-state index contributed by atoms with van der Waals surface area (Å²) in [6, 6.07) is 14.9. The molecule has 3 aromatic rings. The number of ether oxygens (including phenoxy) is 1. The minimum atomic E-state index is -1.06. The number of para-hydroxylation sites is 1. The average Bonchev–Trinajstić information content (AvgIpc) is 3.07. The molecule has 156 valence electrons. The van der Waals surface area contributed by atoms with Gasteiger partial charge in [-0.05, 0) is 64.3 Å². The number of nitrogens with zero attached hydrogens (tertiary/aromatic N) is 3. The summed E-state index contributed by atoms with van der Waals surface area (Å²) in [6.45, 7) is 4.80. The largest absolute Gasteiger partial charge is 0.478 e. The molecule has 1 amide bonds. The first-order valence-corrected chi connectivity index (χ1v) is 10.2. The van der Waals surface area contributed by atoms with E-state index in [0.29, 0.717) is 22.4 Å². The number of anilines is 1. The maximum Gasteiger partial charge on any atom is 0.272 e. The topological polar surface area (TPSA) is 45.7 Å². The van der Waals surface area contributed by atoms with Gasteiger partial charge in [0, 0.05) is 18.1 Å². The Morgan fingerprint density at radius 2 is 1.76 bits per heavy atom. The zero-order valence-electron chi connectivity index (χ0n) is 16.9. The van der Waals surface area contributed by atoms with Crippen molar-refractivity contribution in [3.05, 3.63) is 53.6 Å². The van der Waals surface area contributed by atoms with Crippen molar-refractivity contribution in [2.24, 2.45) is 0 Å². The van der Waals surface area contributed by atoms with Gasteiger partial charge in [0.15, 0.2) is 10.7 Å². The highest BCUT2D eigenvalue weighted by atomic mass is 35.5. The molecule has 29 heavy (non-hydrogen) atoms. The van der Waals surface area contributed by atoms with Gasteiger partial charge in [0.05, 0.1) is 10.2 Å². The van der Waals surface area contributed by atoms with E-state index in [1.165, 1.54) is 11.3 Å². The second-order valence-corrected chi connectivity index (χ2v) is 8.74. The molecule has 0 aliphatic heterocycles. The second kappa shape index (κ2) is 9.76. The van der Waals surface area contributed by atoms with Crippen LogP contribution in [0.2, 0.25) is 5.02 Å². The Labute approximate surface area is 186 Å². The minimum absolute atomic E-state index is 0. The first-order valence-electron chi connectivity index (χ1n) is 9.03. The molecule has 0 aliphatic rings. The lowest BCUT2D eigenvalue weighted by Crippen LogP contribution is -2.50. The molecule has 2 aromatic carbocycles. The van der Waals surface area contributed by atoms with Crippen molar-refractivity contribution in [1.82, 2.24) is 9.88 Å². The van der Waals surface area contributed by atoms with Crippen LogP contribution >= 0.6 is 35.3 Å². The van der Waals surface area contributed by atoms with E-state index in [-0.39, 0.29) is 18.3 Å². The fourth-order valence-electron chi connectivity index (χ4n) is 2.73. The molecular weight excluding hydrogens is 429 g/mol. The quantitative estimate of drug-likeness (QED) is 0.497. The number of carbonyl (C=O) groups excluding carboxylic acids is 1. The number of halogens is 2. The summed E-state index contributed by atoms with van der Waals surface area (Å²) >= 11 is 7.46. The lowest BCUT2D eigenvalue weighted by Gasteiger charge is -2.31. The van der Waals surface area contributed by atoms with E-state index < -0.39 is 5.60 Å². The van der Waals surface area contributed by atoms with Gasteiger partial charge >= 0.3 is 0 Å². The number of amides is 1. The standard InChI is InChI=1S/C21H24ClN3O2S.ClH/c1-21(2,27-16-11-9-15(22)10-12-16)19(26)25(14-13-24(3)4)20-23-17-7-5-6-8-18(17)28-20;/h5-12H,13-14H2,1-4H3;1H. The van der Waals surface area contributed by atoms with Crippen LogP contribution in [-0.2, 0) is 4.79 Å². The lowest BCUT2D eigenvalue weighted by atomic mass is 10.1. The number of carbonyl (C=O) groups is 1. The molecule has 1 aromatic heterocycles. The fourth-order valence-corrected chi connectivity index (χ4v) is 3.84. The Bertz CT molecular complexity index is 925. The van der Waals surface area contributed by atoms with E-state index in [4.69, 9.17) is 16.3 Å². The zero-order valence-corrected chi connectivity index (χ0v) is 19.3. The molecule has 3 rings (SSSR count). The van der Waals surface area contributed by atoms with Crippen LogP contribution in [0.15, 0.2) is 48.5 Å². The summed E-state index contributed by atoms with van der Waals surface area (Å²) in [4.78, 5) is 21.9. The van der Waals surface area contributed by atoms with E-state index >= 15 is 0 Å². The summed E-state index contributed by atoms with van der Waals surface area (Å²) in [6.07, 6.45) is 0. The van der Waals surface area contributed by atoms with Crippen molar-refractivity contribution in [3.8, 4) is 5.75 Å². The van der Waals surface area contributed by atoms with Gasteiger partial charge in [0.2, 0.25) is 0 Å². The van der Waals surface area contributed by atoms with Crippen molar-refractivity contribution in [3.63, 3.8) is 0 Å². The third kappa shape index (κ3) is 5.82. The molecule has 5 nitrogen and oxygen atoms in total. The van der Waals surface area contributed by atoms with Crippen LogP contribution in [0.3, 0.4) is 0 Å². The molecule has 8 heteroatoms. The van der Waals surface area contributed by atoms with Crippen molar-refractivity contribution in [1.29, 1.82) is 0 Å². The van der Waals surface area contributed by atoms with Crippen LogP contribution in [0.5, 0.6) is 5.75 Å². The van der Waals surface area contributed by atoms with E-state index in [9.17, 15) is 4.79 Å². The Morgan fingerprint density at radius 1 is 1.10 bits per heavy atom. The number of rotatable bonds is 7. The summed E-state index contributed by atoms with van der Waals surface area (Å²) in [5.41, 5.74) is -0.167. The molecule has 0 fully saturated rings. The summed E-state index contributed by atoms with van der Waals surface area (Å²) in [5.74, 6) is 0.461. The van der Waals surface area contributed by atoms with Crippen molar-refractivity contribution in [2.45, 2.75) is 19.4 Å². The van der Waals surface area contributed by atoms with E-state index in [2.05, 4.69) is 4.98 Å². The molecular formula is C21H25Cl2N3O2S. The van der Waals surface area contributed by atoms with E-state index in [0.717, 1.165) is 16.8 Å². The molecule has 0 radical (unpaired) electrons.